The van der Waals surface area contributed by atoms with Gasteiger partial charge >= 0.3 is 0 Å². The number of carbonyl (C=O) groups excluding carboxylic acids is 1. The van der Waals surface area contributed by atoms with E-state index in [9.17, 15) is 4.79 Å². The third kappa shape index (κ3) is 3.83. The fourth-order valence-electron chi connectivity index (χ4n) is 2.89. The van der Waals surface area contributed by atoms with Crippen molar-refractivity contribution in [2.45, 2.75) is 45.6 Å². The van der Waals surface area contributed by atoms with Crippen molar-refractivity contribution in [3.63, 3.8) is 0 Å². The predicted molar refractivity (Wildman–Crippen MR) is 82.3 cm³/mol. The molecule has 1 amide bonds. The second-order valence-electron chi connectivity index (χ2n) is 6.52. The van der Waals surface area contributed by atoms with Gasteiger partial charge in [-0.2, -0.15) is 0 Å². The highest BCUT2D eigenvalue weighted by Gasteiger charge is 2.34. The Kier molecular flexibility index (Phi) is 4.81. The molecule has 3 heteroatoms. The molecule has 1 saturated heterocycles. The summed E-state index contributed by atoms with van der Waals surface area (Å²) in [5, 5.41) is 0. The van der Waals surface area contributed by atoms with Crippen molar-refractivity contribution in [3.8, 4) is 0 Å². The smallest absolute Gasteiger partial charge is 0.228 e. The molecule has 1 atom stereocenters. The molecule has 0 aromatic heterocycles. The summed E-state index contributed by atoms with van der Waals surface area (Å²) >= 11 is 0. The van der Waals surface area contributed by atoms with Crippen LogP contribution in [0.4, 0.5) is 0 Å². The summed E-state index contributed by atoms with van der Waals surface area (Å²) in [6.07, 6.45) is 3.94. The largest absolute Gasteiger partial charge is 0.341 e. The third-order valence-electron chi connectivity index (χ3n) is 4.20. The summed E-state index contributed by atoms with van der Waals surface area (Å²) in [7, 11) is 0. The summed E-state index contributed by atoms with van der Waals surface area (Å²) in [5.41, 5.74) is 6.96. The van der Waals surface area contributed by atoms with E-state index in [0.717, 1.165) is 38.8 Å². The van der Waals surface area contributed by atoms with Crippen LogP contribution < -0.4 is 5.73 Å². The minimum atomic E-state index is -0.279. The van der Waals surface area contributed by atoms with Crippen molar-refractivity contribution in [2.75, 3.05) is 13.1 Å². The van der Waals surface area contributed by atoms with Gasteiger partial charge in [-0.15, -0.1) is 0 Å². The first-order valence-corrected chi connectivity index (χ1v) is 7.58. The molecule has 0 saturated carbocycles. The van der Waals surface area contributed by atoms with Crippen LogP contribution in [0.1, 0.15) is 38.7 Å². The highest BCUT2D eigenvalue weighted by molar-refractivity contribution is 5.82. The number of nitrogens with two attached hydrogens (primary N) is 1. The maximum absolute atomic E-state index is 12.5. The lowest BCUT2D eigenvalue weighted by molar-refractivity contribution is -0.139. The number of hydrogen-bond acceptors (Lipinski definition) is 2. The standard InChI is InChI=1S/C17H26N2O/c1-17(2,16(20)19-12-10-15(18)13-19)11-6-9-14-7-4-3-5-8-14/h3-5,7-8,15H,6,9-13,18H2,1-2H3/t15-/m1/s1. The SMILES string of the molecule is CC(C)(CCCc1ccccc1)C(=O)N1CC[C@@H](N)C1. The summed E-state index contributed by atoms with van der Waals surface area (Å²) in [6, 6.07) is 10.6. The number of carbonyl (C=O) groups is 1. The highest BCUT2D eigenvalue weighted by Crippen LogP contribution is 2.28. The first kappa shape index (κ1) is 15.0. The van der Waals surface area contributed by atoms with E-state index in [1.807, 2.05) is 11.0 Å². The molecular weight excluding hydrogens is 248 g/mol. The predicted octanol–water partition coefficient (Wildman–Crippen LogP) is 2.60. The van der Waals surface area contributed by atoms with Crippen LogP contribution in [0, 0.1) is 5.41 Å². The number of rotatable bonds is 5. The molecule has 0 radical (unpaired) electrons. The monoisotopic (exact) mass is 274 g/mol. The average molecular weight is 274 g/mol. The zero-order valence-electron chi connectivity index (χ0n) is 12.6. The van der Waals surface area contributed by atoms with Crippen LogP contribution in [0.2, 0.25) is 0 Å². The second-order valence-corrected chi connectivity index (χ2v) is 6.52. The molecule has 2 N–H and O–H groups in total. The van der Waals surface area contributed by atoms with E-state index in [2.05, 4.69) is 38.1 Å². The van der Waals surface area contributed by atoms with Gasteiger partial charge in [-0.05, 0) is 31.2 Å². The number of nitrogens with zero attached hydrogens (tertiary/aromatic N) is 1. The number of likely N-dealkylation sites (tertiary alicyclic amines) is 1. The van der Waals surface area contributed by atoms with Gasteiger partial charge in [-0.3, -0.25) is 4.79 Å². The van der Waals surface area contributed by atoms with Crippen LogP contribution in [-0.2, 0) is 11.2 Å². The van der Waals surface area contributed by atoms with Crippen LogP contribution >= 0.6 is 0 Å². The number of aryl methyl sites for hydroxylation is 1. The topological polar surface area (TPSA) is 46.3 Å². The summed E-state index contributed by atoms with van der Waals surface area (Å²) in [6.45, 7) is 5.66. The number of hydrogen-bond donors (Lipinski definition) is 1. The van der Waals surface area contributed by atoms with E-state index >= 15 is 0 Å². The van der Waals surface area contributed by atoms with E-state index in [0.29, 0.717) is 0 Å². The van der Waals surface area contributed by atoms with Gasteiger partial charge in [0.15, 0.2) is 0 Å². The van der Waals surface area contributed by atoms with Gasteiger partial charge in [-0.1, -0.05) is 44.2 Å². The summed E-state index contributed by atoms with van der Waals surface area (Å²) in [4.78, 5) is 14.5. The van der Waals surface area contributed by atoms with Crippen LogP contribution in [0.5, 0.6) is 0 Å². The zero-order chi connectivity index (χ0) is 14.6. The fraction of sp³-hybridized carbons (Fsp3) is 0.588. The van der Waals surface area contributed by atoms with Crippen molar-refractivity contribution < 1.29 is 4.79 Å². The van der Waals surface area contributed by atoms with Crippen molar-refractivity contribution >= 4 is 5.91 Å². The van der Waals surface area contributed by atoms with Crippen molar-refractivity contribution in [1.82, 2.24) is 4.90 Å². The van der Waals surface area contributed by atoms with Gasteiger partial charge in [-0.25, -0.2) is 0 Å². The lowest BCUT2D eigenvalue weighted by Crippen LogP contribution is -2.40. The van der Waals surface area contributed by atoms with Crippen LogP contribution in [0.25, 0.3) is 0 Å². The Hall–Kier alpha value is -1.35. The van der Waals surface area contributed by atoms with Gasteiger partial charge in [0.2, 0.25) is 5.91 Å². The van der Waals surface area contributed by atoms with E-state index in [1.165, 1.54) is 5.56 Å². The van der Waals surface area contributed by atoms with Crippen molar-refractivity contribution in [2.24, 2.45) is 11.1 Å². The summed E-state index contributed by atoms with van der Waals surface area (Å²) < 4.78 is 0. The molecule has 1 aromatic carbocycles. The van der Waals surface area contributed by atoms with Crippen LogP contribution in [0.15, 0.2) is 30.3 Å². The molecule has 110 valence electrons. The highest BCUT2D eigenvalue weighted by atomic mass is 16.2. The molecule has 20 heavy (non-hydrogen) atoms. The van der Waals surface area contributed by atoms with Gasteiger partial charge in [0.25, 0.3) is 0 Å². The maximum atomic E-state index is 12.5. The number of amides is 1. The Bertz CT molecular complexity index is 442. The molecule has 0 bridgehead atoms. The molecule has 1 aliphatic rings. The lowest BCUT2D eigenvalue weighted by atomic mass is 9.85. The minimum absolute atomic E-state index is 0.166. The normalized spacial score (nSPS) is 19.4. The van der Waals surface area contributed by atoms with Gasteiger partial charge in [0, 0.05) is 24.5 Å². The molecule has 0 spiro atoms. The average Bonchev–Trinajstić information content (AvgIpc) is 2.85. The van der Waals surface area contributed by atoms with E-state index < -0.39 is 0 Å². The molecule has 1 heterocycles. The van der Waals surface area contributed by atoms with Crippen LogP contribution in [0.3, 0.4) is 0 Å². The molecule has 2 rings (SSSR count). The first-order valence-electron chi connectivity index (χ1n) is 7.58. The van der Waals surface area contributed by atoms with E-state index in [1.54, 1.807) is 0 Å². The minimum Gasteiger partial charge on any atom is -0.341 e. The fourth-order valence-corrected chi connectivity index (χ4v) is 2.89. The van der Waals surface area contributed by atoms with E-state index in [-0.39, 0.29) is 17.4 Å². The third-order valence-corrected chi connectivity index (χ3v) is 4.20. The molecular formula is C17H26N2O. The quantitative estimate of drug-likeness (QED) is 0.897. The molecule has 1 aromatic rings. The lowest BCUT2D eigenvalue weighted by Gasteiger charge is -2.29. The van der Waals surface area contributed by atoms with Crippen LogP contribution in [-0.4, -0.2) is 29.9 Å². The Labute approximate surface area is 122 Å². The summed E-state index contributed by atoms with van der Waals surface area (Å²) in [5.74, 6) is 0.263. The second kappa shape index (κ2) is 6.40. The van der Waals surface area contributed by atoms with Crippen molar-refractivity contribution in [1.29, 1.82) is 0 Å². The van der Waals surface area contributed by atoms with Gasteiger partial charge < -0.3 is 10.6 Å². The molecule has 1 aliphatic heterocycles. The Morgan fingerprint density at radius 3 is 2.65 bits per heavy atom. The maximum Gasteiger partial charge on any atom is 0.228 e. The number of benzene rings is 1. The molecule has 3 nitrogen and oxygen atoms in total. The Morgan fingerprint density at radius 2 is 2.05 bits per heavy atom. The zero-order valence-corrected chi connectivity index (χ0v) is 12.6. The Balaban J connectivity index is 1.82. The Morgan fingerprint density at radius 1 is 1.35 bits per heavy atom. The molecule has 0 aliphatic carbocycles. The van der Waals surface area contributed by atoms with Crippen molar-refractivity contribution in [3.05, 3.63) is 35.9 Å². The first-order chi connectivity index (χ1) is 9.49. The van der Waals surface area contributed by atoms with E-state index in [4.69, 9.17) is 5.73 Å². The molecule has 1 fully saturated rings. The van der Waals surface area contributed by atoms with Gasteiger partial charge in [0.05, 0.1) is 0 Å². The molecule has 0 unspecified atom stereocenters. The van der Waals surface area contributed by atoms with Gasteiger partial charge in [0.1, 0.15) is 0 Å².